The summed E-state index contributed by atoms with van der Waals surface area (Å²) in [5.74, 6) is 1.14. The molecule has 4 aromatic heterocycles. The van der Waals surface area contributed by atoms with Crippen LogP contribution in [0.5, 0.6) is 5.75 Å². The van der Waals surface area contributed by atoms with Crippen molar-refractivity contribution in [3.8, 4) is 22.7 Å². The van der Waals surface area contributed by atoms with Gasteiger partial charge in [-0.1, -0.05) is 0 Å². The van der Waals surface area contributed by atoms with E-state index < -0.39 is 0 Å². The number of ether oxygens (including phenoxy) is 1. The van der Waals surface area contributed by atoms with E-state index in [4.69, 9.17) is 14.1 Å². The highest BCUT2D eigenvalue weighted by Crippen LogP contribution is 2.33. The van der Waals surface area contributed by atoms with E-state index in [9.17, 15) is 0 Å². The summed E-state index contributed by atoms with van der Waals surface area (Å²) in [7, 11) is 1.64. The molecule has 0 unspecified atom stereocenters. The number of aromatic nitrogens is 6. The third-order valence-corrected chi connectivity index (χ3v) is 6.05. The van der Waals surface area contributed by atoms with Crippen LogP contribution in [0.1, 0.15) is 5.69 Å². The van der Waals surface area contributed by atoms with Crippen LogP contribution in [-0.4, -0.2) is 36.6 Å². The molecule has 4 heterocycles. The number of nitrogens with one attached hydrogen (secondary N) is 1. The number of nitrogens with zero attached hydrogens (tertiary/aromatic N) is 6. The van der Waals surface area contributed by atoms with Gasteiger partial charge in [-0.15, -0.1) is 11.3 Å². The Morgan fingerprint density at radius 1 is 1.06 bits per heavy atom. The number of thiazole rings is 1. The molecule has 0 saturated heterocycles. The monoisotopic (exact) mass is 455 g/mol. The van der Waals surface area contributed by atoms with Crippen molar-refractivity contribution >= 4 is 44.4 Å². The second kappa shape index (κ2) is 7.68. The summed E-state index contributed by atoms with van der Waals surface area (Å²) >= 11 is 1.50. The number of hydrogen-bond donors (Lipinski definition) is 1. The van der Waals surface area contributed by atoms with Gasteiger partial charge in [0, 0.05) is 23.5 Å². The van der Waals surface area contributed by atoms with Crippen molar-refractivity contribution in [1.82, 2.24) is 29.5 Å². The second-order valence-corrected chi connectivity index (χ2v) is 8.22. The summed E-state index contributed by atoms with van der Waals surface area (Å²) in [6.07, 6.45) is 5.14. The molecule has 33 heavy (non-hydrogen) atoms. The van der Waals surface area contributed by atoms with Crippen LogP contribution in [0.3, 0.4) is 0 Å². The van der Waals surface area contributed by atoms with Crippen molar-refractivity contribution in [2.75, 3.05) is 12.4 Å². The van der Waals surface area contributed by atoms with Crippen molar-refractivity contribution in [1.29, 1.82) is 0 Å². The predicted octanol–water partition coefficient (Wildman–Crippen LogP) is 5.14. The highest BCUT2D eigenvalue weighted by atomic mass is 32.1. The van der Waals surface area contributed by atoms with Crippen LogP contribution < -0.4 is 10.1 Å². The summed E-state index contributed by atoms with van der Waals surface area (Å²) in [5.41, 5.74) is 8.21. The molecule has 1 N–H and O–H groups in total. The first-order chi connectivity index (χ1) is 16.2. The lowest BCUT2D eigenvalue weighted by atomic mass is 10.1. The van der Waals surface area contributed by atoms with Gasteiger partial charge in [-0.3, -0.25) is 0 Å². The van der Waals surface area contributed by atoms with Gasteiger partial charge >= 0.3 is 0 Å². The fourth-order valence-corrected chi connectivity index (χ4v) is 4.41. The van der Waals surface area contributed by atoms with Crippen LogP contribution in [0.25, 0.3) is 38.4 Å². The molecule has 6 aromatic rings. The van der Waals surface area contributed by atoms with Crippen LogP contribution in [0.4, 0.5) is 11.6 Å². The number of hydrogen-bond acceptors (Lipinski definition) is 9. The number of imidazole rings is 1. The molecule has 2 aromatic carbocycles. The maximum absolute atomic E-state index is 5.62. The van der Waals surface area contributed by atoms with Gasteiger partial charge in [0.15, 0.2) is 17.6 Å². The predicted molar refractivity (Wildman–Crippen MR) is 126 cm³/mol. The maximum Gasteiger partial charge on any atom is 0.229 e. The Balaban J connectivity index is 1.40. The minimum Gasteiger partial charge on any atom is -0.494 e. The highest BCUT2D eigenvalue weighted by molar-refractivity contribution is 7.17. The van der Waals surface area contributed by atoms with Crippen molar-refractivity contribution < 1.29 is 9.15 Å². The van der Waals surface area contributed by atoms with E-state index in [-0.39, 0.29) is 0 Å². The molecular formula is C23H17N7O2S. The van der Waals surface area contributed by atoms with Crippen LogP contribution in [0.15, 0.2) is 65.2 Å². The number of fused-ring (bicyclic) bond motifs is 2. The van der Waals surface area contributed by atoms with Gasteiger partial charge in [0.05, 0.1) is 40.7 Å². The lowest BCUT2D eigenvalue weighted by Gasteiger charge is -2.12. The average Bonchev–Trinajstić information content (AvgIpc) is 3.58. The molecule has 10 heteroatoms. The quantitative estimate of drug-likeness (QED) is 0.381. The zero-order valence-corrected chi connectivity index (χ0v) is 18.5. The largest absolute Gasteiger partial charge is 0.494 e. The van der Waals surface area contributed by atoms with Crippen LogP contribution in [-0.2, 0) is 0 Å². The lowest BCUT2D eigenvalue weighted by Crippen LogP contribution is -2.01. The molecule has 0 radical (unpaired) electrons. The van der Waals surface area contributed by atoms with Crippen molar-refractivity contribution in [3.63, 3.8) is 0 Å². The average molecular weight is 456 g/mol. The van der Waals surface area contributed by atoms with E-state index in [0.717, 1.165) is 44.1 Å². The summed E-state index contributed by atoms with van der Waals surface area (Å²) < 4.78 is 13.8. The number of benzene rings is 2. The van der Waals surface area contributed by atoms with Crippen LogP contribution >= 0.6 is 11.3 Å². The van der Waals surface area contributed by atoms with Crippen molar-refractivity contribution in [2.45, 2.75) is 6.92 Å². The summed E-state index contributed by atoms with van der Waals surface area (Å²) in [6, 6.07) is 11.6. The number of anilines is 2. The van der Waals surface area contributed by atoms with E-state index in [0.29, 0.717) is 17.3 Å². The molecule has 9 nitrogen and oxygen atoms in total. The van der Waals surface area contributed by atoms with E-state index >= 15 is 0 Å². The third kappa shape index (κ3) is 3.46. The molecule has 0 aliphatic rings. The molecule has 0 atom stereocenters. The minimum absolute atomic E-state index is 0.442. The molecule has 6 rings (SSSR count). The Bertz CT molecular complexity index is 1620. The van der Waals surface area contributed by atoms with Gasteiger partial charge in [-0.2, -0.15) is 4.98 Å². The molecule has 0 saturated carbocycles. The number of rotatable bonds is 5. The zero-order chi connectivity index (χ0) is 22.4. The summed E-state index contributed by atoms with van der Waals surface area (Å²) in [4.78, 5) is 22.4. The summed E-state index contributed by atoms with van der Waals surface area (Å²) in [6.45, 7) is 1.95. The molecule has 0 aliphatic heterocycles. The van der Waals surface area contributed by atoms with E-state index in [1.54, 1.807) is 18.9 Å². The van der Waals surface area contributed by atoms with Gasteiger partial charge in [-0.25, -0.2) is 19.9 Å². The van der Waals surface area contributed by atoms with Crippen LogP contribution in [0.2, 0.25) is 0 Å². The Morgan fingerprint density at radius 3 is 2.85 bits per heavy atom. The third-order valence-electron chi connectivity index (χ3n) is 5.22. The Kier molecular flexibility index (Phi) is 4.51. The topological polar surface area (TPSA) is 104 Å². The van der Waals surface area contributed by atoms with E-state index in [1.807, 2.05) is 54.1 Å². The molecule has 162 valence electrons. The Hall–Kier alpha value is -4.31. The Labute approximate surface area is 191 Å². The fraction of sp³-hybridized carbons (Fsp3) is 0.0870. The van der Waals surface area contributed by atoms with E-state index in [1.165, 1.54) is 17.7 Å². The Morgan fingerprint density at radius 2 is 2.00 bits per heavy atom. The lowest BCUT2D eigenvalue weighted by molar-refractivity contribution is 0.413. The minimum atomic E-state index is 0.442. The highest BCUT2D eigenvalue weighted by Gasteiger charge is 2.15. The number of methoxy groups -OCH3 is 1. The first-order valence-electron chi connectivity index (χ1n) is 10.1. The SMILES string of the molecule is COc1cc(Nc2nc(-c3ccc4ocnc4c3)c3scnc3n2)ccc1-n1cnc(C)c1. The van der Waals surface area contributed by atoms with Gasteiger partial charge in [-0.05, 0) is 37.3 Å². The molecule has 0 amide bonds. The second-order valence-electron chi connectivity index (χ2n) is 7.37. The maximum atomic E-state index is 5.62. The van der Waals surface area contributed by atoms with Gasteiger partial charge in [0.1, 0.15) is 11.3 Å². The molecule has 0 spiro atoms. The first kappa shape index (κ1) is 19.4. The summed E-state index contributed by atoms with van der Waals surface area (Å²) in [5, 5.41) is 3.29. The van der Waals surface area contributed by atoms with Gasteiger partial charge < -0.3 is 19.0 Å². The number of aryl methyl sites for hydroxylation is 1. The normalized spacial score (nSPS) is 11.3. The van der Waals surface area contributed by atoms with Gasteiger partial charge in [0.2, 0.25) is 5.95 Å². The van der Waals surface area contributed by atoms with Crippen molar-refractivity contribution in [3.05, 3.63) is 66.5 Å². The van der Waals surface area contributed by atoms with Gasteiger partial charge in [0.25, 0.3) is 0 Å². The van der Waals surface area contributed by atoms with Crippen molar-refractivity contribution in [2.24, 2.45) is 0 Å². The molecular weight excluding hydrogens is 438 g/mol. The smallest absolute Gasteiger partial charge is 0.229 e. The zero-order valence-electron chi connectivity index (χ0n) is 17.7. The first-order valence-corrected chi connectivity index (χ1v) is 11.0. The fourth-order valence-electron chi connectivity index (χ4n) is 3.67. The van der Waals surface area contributed by atoms with Crippen LogP contribution in [0, 0.1) is 6.92 Å². The molecule has 0 fully saturated rings. The standard InChI is InChI=1S/C23H17N7O2S/c1-13-9-30(10-24-13)17-5-4-15(8-19(17)31-2)27-23-28-20(21-22(29-23)26-12-33-21)14-3-6-18-16(7-14)25-11-32-18/h3-12H,1-2H3,(H,27,28,29). The number of oxazole rings is 1. The molecule has 0 bridgehead atoms. The molecule has 0 aliphatic carbocycles. The van der Waals surface area contributed by atoms with E-state index in [2.05, 4.69) is 25.3 Å².